The minimum Gasteiger partial charge on any atom is -0.368 e. The number of hydrogen-bond donors (Lipinski definition) is 1. The first kappa shape index (κ1) is 14.8. The molecule has 0 aliphatic carbocycles. The number of fused-ring (bicyclic) bond motifs is 1. The maximum Gasteiger partial charge on any atom is 0.220 e. The minimum absolute atomic E-state index is 0.287. The first-order valence-corrected chi connectivity index (χ1v) is 8.59. The van der Waals surface area contributed by atoms with Crippen LogP contribution in [0.15, 0.2) is 53.9 Å². The Bertz CT molecular complexity index is 1010. The first-order chi connectivity index (χ1) is 11.7. The summed E-state index contributed by atoms with van der Waals surface area (Å²) in [6, 6.07) is 16.3. The molecule has 0 unspecified atom stereocenters. The Hall–Kier alpha value is -2.79. The summed E-state index contributed by atoms with van der Waals surface area (Å²) in [7, 11) is 0. The van der Waals surface area contributed by atoms with Crippen molar-refractivity contribution >= 4 is 28.3 Å². The predicted molar refractivity (Wildman–Crippen MR) is 99.0 cm³/mol. The second-order valence-electron chi connectivity index (χ2n) is 5.74. The van der Waals surface area contributed by atoms with Crippen molar-refractivity contribution in [1.29, 1.82) is 0 Å². The van der Waals surface area contributed by atoms with E-state index in [1.165, 1.54) is 11.1 Å². The molecule has 1 aromatic carbocycles. The lowest BCUT2D eigenvalue weighted by Crippen LogP contribution is -2.03. The summed E-state index contributed by atoms with van der Waals surface area (Å²) in [5, 5.41) is 2.13. The number of benzene rings is 1. The van der Waals surface area contributed by atoms with Gasteiger partial charge in [-0.3, -0.25) is 0 Å². The van der Waals surface area contributed by atoms with E-state index in [1.807, 2.05) is 30.3 Å². The minimum atomic E-state index is 0.287. The van der Waals surface area contributed by atoms with E-state index in [-0.39, 0.29) is 5.95 Å². The van der Waals surface area contributed by atoms with Gasteiger partial charge in [0.25, 0.3) is 0 Å². The summed E-state index contributed by atoms with van der Waals surface area (Å²) < 4.78 is 0. The number of aromatic nitrogens is 3. The average Bonchev–Trinajstić information content (AvgIpc) is 3.02. The van der Waals surface area contributed by atoms with E-state index in [2.05, 4.69) is 40.5 Å². The highest BCUT2D eigenvalue weighted by Crippen LogP contribution is 2.28. The van der Waals surface area contributed by atoms with Crippen molar-refractivity contribution in [2.75, 3.05) is 5.73 Å². The molecule has 0 radical (unpaired) electrons. The Balaban J connectivity index is 1.85. The normalized spacial score (nSPS) is 11.0. The summed E-state index contributed by atoms with van der Waals surface area (Å²) in [6.45, 7) is 2.09. The fraction of sp³-hybridized carbons (Fsp3) is 0.105. The third-order valence-electron chi connectivity index (χ3n) is 3.83. The van der Waals surface area contributed by atoms with E-state index in [0.717, 1.165) is 27.3 Å². The van der Waals surface area contributed by atoms with Crippen LogP contribution in [0.3, 0.4) is 0 Å². The maximum atomic E-state index is 5.88. The zero-order chi connectivity index (χ0) is 16.5. The molecule has 4 nitrogen and oxygen atoms in total. The molecule has 0 saturated heterocycles. The summed E-state index contributed by atoms with van der Waals surface area (Å²) in [4.78, 5) is 14.7. The van der Waals surface area contributed by atoms with E-state index >= 15 is 0 Å². The lowest BCUT2D eigenvalue weighted by atomic mass is 10.1. The van der Waals surface area contributed by atoms with Crippen molar-refractivity contribution in [3.05, 3.63) is 70.7 Å². The fourth-order valence-corrected chi connectivity index (χ4v) is 3.58. The van der Waals surface area contributed by atoms with Gasteiger partial charge < -0.3 is 5.73 Å². The van der Waals surface area contributed by atoms with Crippen molar-refractivity contribution in [2.24, 2.45) is 0 Å². The van der Waals surface area contributed by atoms with Crippen LogP contribution < -0.4 is 5.73 Å². The number of thiophene rings is 1. The number of aryl methyl sites for hydroxylation is 1. The maximum absolute atomic E-state index is 5.88. The van der Waals surface area contributed by atoms with Crippen LogP contribution >= 0.6 is 11.3 Å². The second-order valence-corrected chi connectivity index (χ2v) is 6.65. The highest BCUT2D eigenvalue weighted by atomic mass is 32.1. The van der Waals surface area contributed by atoms with E-state index in [0.29, 0.717) is 6.42 Å². The molecule has 24 heavy (non-hydrogen) atoms. The number of nitrogens with zero attached hydrogens (tertiary/aromatic N) is 3. The first-order valence-electron chi connectivity index (χ1n) is 7.71. The number of nitrogens with two attached hydrogens (primary N) is 1. The molecular weight excluding hydrogens is 316 g/mol. The van der Waals surface area contributed by atoms with Gasteiger partial charge in [0.1, 0.15) is 5.52 Å². The fourth-order valence-electron chi connectivity index (χ4n) is 2.71. The van der Waals surface area contributed by atoms with Crippen molar-refractivity contribution in [3.63, 3.8) is 0 Å². The smallest absolute Gasteiger partial charge is 0.220 e. The van der Waals surface area contributed by atoms with Crippen molar-refractivity contribution < 1.29 is 0 Å². The molecule has 0 atom stereocenters. The molecule has 0 fully saturated rings. The van der Waals surface area contributed by atoms with Crippen molar-refractivity contribution in [1.82, 2.24) is 15.0 Å². The average molecular weight is 332 g/mol. The van der Waals surface area contributed by atoms with Crippen LogP contribution in [0, 0.1) is 6.92 Å². The van der Waals surface area contributed by atoms with Gasteiger partial charge in [-0.2, -0.15) is 0 Å². The zero-order valence-corrected chi connectivity index (χ0v) is 14.0. The van der Waals surface area contributed by atoms with Crippen molar-refractivity contribution in [2.45, 2.75) is 13.3 Å². The third-order valence-corrected chi connectivity index (χ3v) is 4.90. The monoisotopic (exact) mass is 332 g/mol. The van der Waals surface area contributed by atoms with Gasteiger partial charge in [0.2, 0.25) is 5.95 Å². The lowest BCUT2D eigenvalue weighted by Gasteiger charge is -2.07. The summed E-state index contributed by atoms with van der Waals surface area (Å²) >= 11 is 1.70. The van der Waals surface area contributed by atoms with Gasteiger partial charge in [-0.25, -0.2) is 15.0 Å². The standard InChI is InChI=1S/C19H16N4S/c1-12-9-17(24-11-12)14-7-8-15-18(21-14)16(23-19(20)22-15)10-13-5-3-2-4-6-13/h2-9,11H,10H2,1H3,(H2,20,22,23). The van der Waals surface area contributed by atoms with E-state index in [9.17, 15) is 0 Å². The van der Waals surface area contributed by atoms with Gasteiger partial charge in [0.05, 0.1) is 21.8 Å². The molecule has 4 rings (SSSR count). The van der Waals surface area contributed by atoms with Crippen LogP contribution in [0.25, 0.3) is 21.6 Å². The molecule has 0 amide bonds. The molecule has 3 aromatic heterocycles. The van der Waals surface area contributed by atoms with Crippen LogP contribution in [-0.4, -0.2) is 15.0 Å². The Morgan fingerprint density at radius 2 is 1.83 bits per heavy atom. The van der Waals surface area contributed by atoms with Crippen LogP contribution in [0.2, 0.25) is 0 Å². The Morgan fingerprint density at radius 3 is 2.58 bits per heavy atom. The molecular formula is C19H16N4S. The third kappa shape index (κ3) is 2.86. The van der Waals surface area contributed by atoms with Crippen LogP contribution in [0.4, 0.5) is 5.95 Å². The molecule has 0 aliphatic rings. The van der Waals surface area contributed by atoms with Crippen LogP contribution in [0.1, 0.15) is 16.8 Å². The van der Waals surface area contributed by atoms with Gasteiger partial charge in [0.15, 0.2) is 0 Å². The summed E-state index contributed by atoms with van der Waals surface area (Å²) in [5.41, 5.74) is 11.7. The van der Waals surface area contributed by atoms with E-state index in [1.54, 1.807) is 11.3 Å². The number of anilines is 1. The zero-order valence-electron chi connectivity index (χ0n) is 13.2. The topological polar surface area (TPSA) is 64.7 Å². The Morgan fingerprint density at radius 1 is 1.00 bits per heavy atom. The molecule has 2 N–H and O–H groups in total. The number of rotatable bonds is 3. The van der Waals surface area contributed by atoms with Gasteiger partial charge in [-0.05, 0) is 41.6 Å². The molecule has 4 aromatic rings. The van der Waals surface area contributed by atoms with Gasteiger partial charge >= 0.3 is 0 Å². The van der Waals surface area contributed by atoms with Crippen molar-refractivity contribution in [3.8, 4) is 10.6 Å². The molecule has 3 heterocycles. The number of nitrogen functional groups attached to an aromatic ring is 1. The Labute approximate surface area is 144 Å². The van der Waals surface area contributed by atoms with Crippen LogP contribution in [0.5, 0.6) is 0 Å². The van der Waals surface area contributed by atoms with Gasteiger partial charge in [-0.1, -0.05) is 30.3 Å². The molecule has 0 bridgehead atoms. The molecule has 0 spiro atoms. The van der Waals surface area contributed by atoms with Crippen LogP contribution in [-0.2, 0) is 6.42 Å². The highest BCUT2D eigenvalue weighted by Gasteiger charge is 2.11. The molecule has 0 saturated carbocycles. The molecule has 5 heteroatoms. The highest BCUT2D eigenvalue weighted by molar-refractivity contribution is 7.13. The van der Waals surface area contributed by atoms with E-state index in [4.69, 9.17) is 10.7 Å². The summed E-state index contributed by atoms with van der Waals surface area (Å²) in [5.74, 6) is 0.287. The predicted octanol–water partition coefficient (Wildman–Crippen LogP) is 4.23. The number of hydrogen-bond acceptors (Lipinski definition) is 5. The lowest BCUT2D eigenvalue weighted by molar-refractivity contribution is 1.06. The SMILES string of the molecule is Cc1csc(-c2ccc3nc(N)nc(Cc4ccccc4)c3n2)c1. The molecule has 0 aliphatic heterocycles. The van der Waals surface area contributed by atoms with Gasteiger partial charge in [0, 0.05) is 6.42 Å². The van der Waals surface area contributed by atoms with E-state index < -0.39 is 0 Å². The quantitative estimate of drug-likeness (QED) is 0.609. The van der Waals surface area contributed by atoms with Gasteiger partial charge in [-0.15, -0.1) is 11.3 Å². The summed E-state index contributed by atoms with van der Waals surface area (Å²) in [6.07, 6.45) is 0.685. The largest absolute Gasteiger partial charge is 0.368 e. The molecule has 118 valence electrons. The second kappa shape index (κ2) is 6.02. The number of pyridine rings is 1. The Kier molecular flexibility index (Phi) is 3.70.